The van der Waals surface area contributed by atoms with Crippen LogP contribution in [0.1, 0.15) is 0 Å². The SMILES string of the molecule is [Pt+2].[c-]1c(Oc2[c-]c3c(cc2)c2cccnc2n2c(-c4ccccc4)c(-c4ccccc4)nc32)cccc1-n1c2ccccc2c2cccnc21. The van der Waals surface area contributed by atoms with Gasteiger partial charge in [-0.2, -0.15) is 6.07 Å². The van der Waals surface area contributed by atoms with E-state index in [9.17, 15) is 0 Å². The normalized spacial score (nSPS) is 11.4. The number of pyridine rings is 3. The van der Waals surface area contributed by atoms with Gasteiger partial charge in [-0.15, -0.1) is 30.3 Å². The maximum absolute atomic E-state index is 6.52. The third-order valence-corrected chi connectivity index (χ3v) is 9.05. The van der Waals surface area contributed by atoms with E-state index in [4.69, 9.17) is 19.7 Å². The molecule has 7 heteroatoms. The number of fused-ring (bicyclic) bond motifs is 9. The Kier molecular flexibility index (Phi) is 7.26. The Hall–Kier alpha value is -6.10. The predicted molar refractivity (Wildman–Crippen MR) is 195 cm³/mol. The van der Waals surface area contributed by atoms with Crippen LogP contribution in [0, 0.1) is 12.1 Å². The number of para-hydroxylation sites is 1. The van der Waals surface area contributed by atoms with Crippen LogP contribution in [0.2, 0.25) is 0 Å². The van der Waals surface area contributed by atoms with Crippen molar-refractivity contribution >= 4 is 49.4 Å². The molecule has 0 fully saturated rings. The molecule has 238 valence electrons. The molecule has 0 saturated carbocycles. The molecule has 0 saturated heterocycles. The van der Waals surface area contributed by atoms with E-state index in [1.165, 1.54) is 0 Å². The van der Waals surface area contributed by atoms with Crippen molar-refractivity contribution in [3.63, 3.8) is 0 Å². The number of ether oxygens (including phenoxy) is 1. The first-order valence-electron chi connectivity index (χ1n) is 16.1. The molecule has 10 aromatic rings. The summed E-state index contributed by atoms with van der Waals surface area (Å²) in [5.41, 5.74) is 8.32. The van der Waals surface area contributed by atoms with E-state index in [1.807, 2.05) is 79.1 Å². The Labute approximate surface area is 301 Å². The molecular weight excluding hydrogens is 798 g/mol. The van der Waals surface area contributed by atoms with Crippen molar-refractivity contribution in [2.45, 2.75) is 0 Å². The summed E-state index contributed by atoms with van der Waals surface area (Å²) in [5, 5.41) is 5.09. The van der Waals surface area contributed by atoms with Crippen LogP contribution < -0.4 is 4.74 Å². The molecule has 0 radical (unpaired) electrons. The molecule has 6 nitrogen and oxygen atoms in total. The quantitative estimate of drug-likeness (QED) is 0.128. The largest absolute Gasteiger partial charge is 2.00 e. The van der Waals surface area contributed by atoms with Crippen LogP contribution in [-0.2, 0) is 21.1 Å². The van der Waals surface area contributed by atoms with Crippen molar-refractivity contribution in [2.24, 2.45) is 0 Å². The van der Waals surface area contributed by atoms with Crippen LogP contribution in [-0.4, -0.2) is 23.9 Å². The van der Waals surface area contributed by atoms with Crippen LogP contribution in [0.5, 0.6) is 11.5 Å². The van der Waals surface area contributed by atoms with Crippen LogP contribution in [0.25, 0.3) is 77.6 Å². The summed E-state index contributed by atoms with van der Waals surface area (Å²) in [6, 6.07) is 54.2. The molecule has 50 heavy (non-hydrogen) atoms. The van der Waals surface area contributed by atoms with Gasteiger partial charge in [-0.1, -0.05) is 107 Å². The topological polar surface area (TPSA) is 57.2 Å². The van der Waals surface area contributed by atoms with Gasteiger partial charge in [0, 0.05) is 45.8 Å². The van der Waals surface area contributed by atoms with Gasteiger partial charge in [0.2, 0.25) is 0 Å². The average Bonchev–Trinajstić information content (AvgIpc) is 3.73. The summed E-state index contributed by atoms with van der Waals surface area (Å²) in [6.45, 7) is 0. The van der Waals surface area contributed by atoms with Gasteiger partial charge in [-0.05, 0) is 29.7 Å². The van der Waals surface area contributed by atoms with Gasteiger partial charge in [0.05, 0.1) is 22.6 Å². The van der Waals surface area contributed by atoms with E-state index in [2.05, 4.69) is 93.9 Å². The molecule has 0 aliphatic rings. The van der Waals surface area contributed by atoms with Gasteiger partial charge >= 0.3 is 21.1 Å². The maximum atomic E-state index is 6.52. The van der Waals surface area contributed by atoms with E-state index >= 15 is 0 Å². The van der Waals surface area contributed by atoms with Crippen LogP contribution in [0.4, 0.5) is 0 Å². The number of hydrogen-bond donors (Lipinski definition) is 0. The van der Waals surface area contributed by atoms with Crippen molar-refractivity contribution in [3.8, 4) is 39.7 Å². The first-order valence-corrected chi connectivity index (χ1v) is 16.1. The van der Waals surface area contributed by atoms with Crippen molar-refractivity contribution in [2.75, 3.05) is 0 Å². The van der Waals surface area contributed by atoms with E-state index in [0.717, 1.165) is 77.6 Å². The second kappa shape index (κ2) is 12.1. The van der Waals surface area contributed by atoms with E-state index in [0.29, 0.717) is 11.5 Å². The van der Waals surface area contributed by atoms with Gasteiger partial charge in [0.25, 0.3) is 0 Å². The van der Waals surface area contributed by atoms with Crippen LogP contribution in [0.3, 0.4) is 0 Å². The van der Waals surface area contributed by atoms with Crippen molar-refractivity contribution in [3.05, 3.63) is 164 Å². The van der Waals surface area contributed by atoms with Crippen molar-refractivity contribution in [1.29, 1.82) is 0 Å². The van der Waals surface area contributed by atoms with Gasteiger partial charge in [0.15, 0.2) is 0 Å². The minimum Gasteiger partial charge on any atom is -0.503 e. The Morgan fingerprint density at radius 1 is 0.500 bits per heavy atom. The Morgan fingerprint density at radius 3 is 1.96 bits per heavy atom. The molecule has 0 aliphatic carbocycles. The second-order valence-electron chi connectivity index (χ2n) is 11.9. The third-order valence-electron chi connectivity index (χ3n) is 9.05. The molecule has 0 aliphatic heterocycles. The molecule has 5 aromatic heterocycles. The third kappa shape index (κ3) is 4.72. The van der Waals surface area contributed by atoms with Crippen LogP contribution >= 0.6 is 0 Å². The monoisotopic (exact) mass is 822 g/mol. The number of hydrogen-bond acceptors (Lipinski definition) is 4. The Balaban J connectivity index is 0.00000336. The first kappa shape index (κ1) is 30.0. The zero-order valence-electron chi connectivity index (χ0n) is 26.4. The van der Waals surface area contributed by atoms with Crippen molar-refractivity contribution in [1.82, 2.24) is 23.9 Å². The summed E-state index contributed by atoms with van der Waals surface area (Å²) in [7, 11) is 0. The Bertz CT molecular complexity index is 2810. The second-order valence-corrected chi connectivity index (χ2v) is 11.9. The standard InChI is InChI=1S/C43H25N5O.Pt/c1-3-12-28(13-4-1)39-40(29-14-5-2-6-15-29)48-42-35(19-10-25-45-42)33-23-22-32(27-37(33)43(48)46-39)49-31-17-9-16-30(26-31)47-38-21-8-7-18-34(38)36-20-11-24-44-41(36)47;/h1-25H;/q-2;+2. The van der Waals surface area contributed by atoms with E-state index in [1.54, 1.807) is 0 Å². The zero-order chi connectivity index (χ0) is 32.3. The molecule has 0 atom stereocenters. The Morgan fingerprint density at radius 2 is 1.16 bits per heavy atom. The molecule has 10 rings (SSSR count). The fraction of sp³-hybridized carbons (Fsp3) is 0. The fourth-order valence-electron chi connectivity index (χ4n) is 6.96. The number of nitrogens with zero attached hydrogens (tertiary/aromatic N) is 5. The summed E-state index contributed by atoms with van der Waals surface area (Å²) in [6.07, 6.45) is 3.66. The van der Waals surface area contributed by atoms with Gasteiger partial charge in [-0.25, -0.2) is 9.97 Å². The minimum absolute atomic E-state index is 0. The van der Waals surface area contributed by atoms with Gasteiger partial charge in [0.1, 0.15) is 11.3 Å². The molecule has 0 unspecified atom stereocenters. The number of imidazole rings is 1. The molecular formula is C43H25N5OPt. The average molecular weight is 823 g/mol. The van der Waals surface area contributed by atoms with Crippen molar-refractivity contribution < 1.29 is 25.8 Å². The molecule has 0 bridgehead atoms. The first-order chi connectivity index (χ1) is 24.3. The zero-order valence-corrected chi connectivity index (χ0v) is 28.7. The summed E-state index contributed by atoms with van der Waals surface area (Å²) >= 11 is 0. The molecule has 5 aromatic carbocycles. The number of aromatic nitrogens is 5. The minimum atomic E-state index is 0. The molecule has 0 spiro atoms. The summed E-state index contributed by atoms with van der Waals surface area (Å²) < 4.78 is 10.8. The van der Waals surface area contributed by atoms with Gasteiger partial charge in [-0.3, -0.25) is 4.98 Å². The summed E-state index contributed by atoms with van der Waals surface area (Å²) in [5.74, 6) is 1.14. The van der Waals surface area contributed by atoms with E-state index in [-0.39, 0.29) is 21.1 Å². The summed E-state index contributed by atoms with van der Waals surface area (Å²) in [4.78, 5) is 14.9. The smallest absolute Gasteiger partial charge is 0.503 e. The number of benzene rings is 5. The van der Waals surface area contributed by atoms with Gasteiger partial charge < -0.3 is 13.7 Å². The fourth-order valence-corrected chi connectivity index (χ4v) is 6.96. The van der Waals surface area contributed by atoms with E-state index < -0.39 is 0 Å². The molecule has 0 amide bonds. The molecule has 0 N–H and O–H groups in total. The maximum Gasteiger partial charge on any atom is 2.00 e. The molecule has 5 heterocycles. The number of rotatable bonds is 5. The predicted octanol–water partition coefficient (Wildman–Crippen LogP) is 10.3. The van der Waals surface area contributed by atoms with Crippen LogP contribution in [0.15, 0.2) is 152 Å².